The highest BCUT2D eigenvalue weighted by molar-refractivity contribution is 7.88. The number of terminal acetylenes is 1. The van der Waals surface area contributed by atoms with Crippen LogP contribution in [0.1, 0.15) is 50.0 Å². The van der Waals surface area contributed by atoms with Crippen LogP contribution in [0.4, 0.5) is 26.3 Å². The van der Waals surface area contributed by atoms with Crippen molar-refractivity contribution in [3.05, 3.63) is 6.42 Å². The summed E-state index contributed by atoms with van der Waals surface area (Å²) >= 11 is 0. The molecule has 0 amide bonds. The largest absolute Gasteiger partial charge is 0.697 e. The van der Waals surface area contributed by atoms with Crippen molar-refractivity contribution >= 4 is 47.4 Å². The minimum absolute atomic E-state index is 0. The Kier molecular flexibility index (Phi) is 53.5. The normalized spacial score (nSPS) is 10.7. The van der Waals surface area contributed by atoms with Gasteiger partial charge in [-0.05, 0) is 27.7 Å². The molecule has 0 aliphatic rings. The van der Waals surface area contributed by atoms with Crippen LogP contribution >= 0.6 is 0 Å². The van der Waals surface area contributed by atoms with Crippen LogP contribution in [-0.4, -0.2) is 111 Å². The molecule has 0 bridgehead atoms. The molecule has 0 rings (SSSR count). The van der Waals surface area contributed by atoms with E-state index in [1.165, 1.54) is 0 Å². The molecule has 0 spiro atoms. The molecule has 27 heteroatoms. The van der Waals surface area contributed by atoms with Crippen molar-refractivity contribution in [2.75, 3.05) is 40.6 Å². The van der Waals surface area contributed by atoms with Gasteiger partial charge < -0.3 is 50.4 Å². The molecule has 45 heavy (non-hydrogen) atoms. The lowest BCUT2D eigenvalue weighted by atomic mass is 10.9. The van der Waals surface area contributed by atoms with E-state index < -0.39 is 58.4 Å². The Balaban J connectivity index is -0.0000000461. The van der Waals surface area contributed by atoms with Gasteiger partial charge in [0.15, 0.2) is 0 Å². The summed E-state index contributed by atoms with van der Waals surface area (Å²) in [5.74, 6) is 0. The van der Waals surface area contributed by atoms with E-state index in [1.54, 1.807) is 0 Å². The van der Waals surface area contributed by atoms with Gasteiger partial charge in [-0.2, -0.15) is 43.2 Å². The summed E-state index contributed by atoms with van der Waals surface area (Å²) < 4.78 is 165. The van der Waals surface area contributed by atoms with Gasteiger partial charge in [-0.3, -0.25) is 17.3 Å². The van der Waals surface area contributed by atoms with Crippen LogP contribution in [0.25, 0.3) is 0 Å². The molecule has 16 nitrogen and oxygen atoms in total. The molecular formula is C18H47F6O16S2Si3-. The molecule has 282 valence electrons. The minimum Gasteiger partial charge on any atom is -0.697 e. The van der Waals surface area contributed by atoms with Gasteiger partial charge in [0.2, 0.25) is 0 Å². The standard InChI is InChI=1S/C8H20O4Si.C4H9F3O5SSi.C2H.CHF3O3S.3CH4.O2Si.2H2O/c1-5-9-13(10-6-2,11-7-3)12-8-4;1-10-14(3,11-2)12-13(8,9)4(5,6)7;1-2;2-1(3,4)8(5,6)7;;;;1-3-2;;/h5-8H2,1-4H3;1-3H3;1H;(H,5,6,7);3*1H4;;2*1H2/q;;-1;;;;;;;. The minimum atomic E-state index is -5.84. The van der Waals surface area contributed by atoms with E-state index in [2.05, 4.69) is 19.1 Å². The Labute approximate surface area is 266 Å². The summed E-state index contributed by atoms with van der Waals surface area (Å²) in [7, 11) is -17.5. The zero-order valence-corrected chi connectivity index (χ0v) is 27.9. The Morgan fingerprint density at radius 2 is 0.911 bits per heavy atom. The molecule has 0 heterocycles. The van der Waals surface area contributed by atoms with Crippen LogP contribution in [0.2, 0.25) is 6.55 Å². The molecule has 0 aromatic rings. The van der Waals surface area contributed by atoms with E-state index in [1.807, 2.05) is 27.7 Å². The Hall–Kier alpha value is -1.11. The third-order valence-corrected chi connectivity index (χ3v) is 10.2. The molecule has 0 fully saturated rings. The smallest absolute Gasteiger partial charge is 0.679 e. The fourth-order valence-electron chi connectivity index (χ4n) is 1.36. The Morgan fingerprint density at radius 1 is 0.711 bits per heavy atom. The lowest BCUT2D eigenvalue weighted by Crippen LogP contribution is -2.49. The fraction of sp³-hybridized carbons (Fsp3) is 0.889. The van der Waals surface area contributed by atoms with E-state index >= 15 is 0 Å². The predicted molar refractivity (Wildman–Crippen MR) is 154 cm³/mol. The van der Waals surface area contributed by atoms with Crippen molar-refractivity contribution in [3.8, 4) is 6.42 Å². The van der Waals surface area contributed by atoms with Gasteiger partial charge in [-0.1, -0.05) is 22.3 Å². The molecule has 0 saturated carbocycles. The molecule has 0 atom stereocenters. The molecule has 0 radical (unpaired) electrons. The van der Waals surface area contributed by atoms with E-state index in [-0.39, 0.29) is 33.2 Å². The van der Waals surface area contributed by atoms with Crippen LogP contribution in [-0.2, 0) is 59.6 Å². The molecular weight excluding hydrogens is 735 g/mol. The monoisotopic (exact) mass is 781 g/mol. The topological polar surface area (TPSA) is 250 Å². The first-order valence-corrected chi connectivity index (χ1v) is 17.5. The van der Waals surface area contributed by atoms with E-state index in [0.717, 1.165) is 20.8 Å². The van der Waals surface area contributed by atoms with Crippen LogP contribution in [0.3, 0.4) is 0 Å². The number of halogens is 6. The first-order valence-electron chi connectivity index (χ1n) is 9.98. The van der Waals surface area contributed by atoms with Gasteiger partial charge in [0.25, 0.3) is 0 Å². The maximum Gasteiger partial charge on any atom is 0.679 e. The van der Waals surface area contributed by atoms with Crippen LogP contribution in [0.5, 0.6) is 0 Å². The van der Waals surface area contributed by atoms with Crippen LogP contribution in [0, 0.1) is 12.8 Å². The fourth-order valence-corrected chi connectivity index (χ4v) is 5.95. The first kappa shape index (κ1) is 70.3. The lowest BCUT2D eigenvalue weighted by Gasteiger charge is -2.26. The number of hydrogen-bond acceptors (Lipinski definition) is 13. The molecule has 0 aliphatic carbocycles. The van der Waals surface area contributed by atoms with Crippen molar-refractivity contribution in [3.63, 3.8) is 0 Å². The Morgan fingerprint density at radius 3 is 1.02 bits per heavy atom. The van der Waals surface area contributed by atoms with Crippen molar-refractivity contribution < 1.29 is 98.0 Å². The van der Waals surface area contributed by atoms with E-state index in [0.29, 0.717) is 26.4 Å². The lowest BCUT2D eigenvalue weighted by molar-refractivity contribution is -0.0526. The second-order valence-corrected chi connectivity index (χ2v) is 13.8. The second-order valence-electron chi connectivity index (χ2n) is 5.49. The van der Waals surface area contributed by atoms with Gasteiger partial charge >= 0.3 is 58.4 Å². The number of rotatable bonds is 12. The number of alkyl halides is 6. The van der Waals surface area contributed by atoms with Crippen molar-refractivity contribution in [2.24, 2.45) is 0 Å². The quantitative estimate of drug-likeness (QED) is 0.0746. The predicted octanol–water partition coefficient (Wildman–Crippen LogP) is 2.52. The van der Waals surface area contributed by atoms with Gasteiger partial charge in [0.1, 0.15) is 0 Å². The maximum atomic E-state index is 11.8. The average Bonchev–Trinajstić information content (AvgIpc) is 2.80. The summed E-state index contributed by atoms with van der Waals surface area (Å²) in [5, 5.41) is 0. The highest BCUT2D eigenvalue weighted by Gasteiger charge is 2.53. The molecule has 0 aliphatic heterocycles. The first-order chi connectivity index (χ1) is 18.0. The summed E-state index contributed by atoms with van der Waals surface area (Å²) in [5.41, 5.74) is -11.0. The second kappa shape index (κ2) is 34.2. The molecule has 0 unspecified atom stereocenters. The van der Waals surface area contributed by atoms with Gasteiger partial charge in [-0.25, -0.2) is 0 Å². The van der Waals surface area contributed by atoms with Crippen LogP contribution < -0.4 is 0 Å². The third kappa shape index (κ3) is 35.6. The third-order valence-electron chi connectivity index (χ3n) is 2.86. The van der Waals surface area contributed by atoms with Crippen molar-refractivity contribution in [2.45, 2.75) is 67.5 Å². The summed E-state index contributed by atoms with van der Waals surface area (Å²) in [4.78, 5) is 0. The summed E-state index contributed by atoms with van der Waals surface area (Å²) in [6.45, 7) is 10.8. The van der Waals surface area contributed by atoms with E-state index in [9.17, 15) is 34.8 Å². The van der Waals surface area contributed by atoms with Gasteiger partial charge in [-0.15, -0.1) is 0 Å². The van der Waals surface area contributed by atoms with Crippen LogP contribution in [0.15, 0.2) is 0 Å². The molecule has 5 N–H and O–H groups in total. The summed E-state index contributed by atoms with van der Waals surface area (Å²) in [6, 6.07) is 0. The summed E-state index contributed by atoms with van der Waals surface area (Å²) in [6.07, 6.45) is 9.00. The van der Waals surface area contributed by atoms with Crippen molar-refractivity contribution in [1.82, 2.24) is 0 Å². The van der Waals surface area contributed by atoms with Gasteiger partial charge in [0, 0.05) is 47.2 Å². The Bertz CT molecular complexity index is 882. The molecule has 0 aromatic heterocycles. The SMILES string of the molecule is C.C.C.CCO[Si](OCC)(OCC)OCC.CO[Si](C)(OC)OS(=O)(=O)C(F)(F)F.O.O.O=S(=O)(O)C(F)(F)F.O=[Si]=O.[C-]#C. The highest BCUT2D eigenvalue weighted by atomic mass is 32.2. The zero-order chi connectivity index (χ0) is 33.5. The maximum absolute atomic E-state index is 11.8. The average molecular weight is 782 g/mol. The molecule has 0 aromatic carbocycles. The molecule has 0 saturated heterocycles. The number of hydrogen-bond donors (Lipinski definition) is 1. The van der Waals surface area contributed by atoms with Crippen molar-refractivity contribution in [1.29, 1.82) is 0 Å². The highest BCUT2D eigenvalue weighted by Crippen LogP contribution is 2.27. The zero-order valence-electron chi connectivity index (χ0n) is 23.2. The van der Waals surface area contributed by atoms with Gasteiger partial charge in [0.05, 0.1) is 0 Å². The van der Waals surface area contributed by atoms with E-state index in [4.69, 9.17) is 46.0 Å².